The Balaban J connectivity index is -0.000000722. The Morgan fingerprint density at radius 1 is 0.619 bits per heavy atom. The minimum atomic E-state index is -4.48. The van der Waals surface area contributed by atoms with E-state index in [-0.39, 0.29) is 70.6 Å². The zero-order chi connectivity index (χ0) is 30.1. The SMILES string of the molecule is CCCCCCCCCCCCOS(=O)(=O)[O-].CCCCCCCCCCCCc1cccc(S(=O)(=O)[O-])[c]1[Na].[Na+].[Na+]. The van der Waals surface area contributed by atoms with Crippen molar-refractivity contribution >= 4 is 51.3 Å². The maximum Gasteiger partial charge on any atom is 1.00 e. The molecule has 230 valence electrons. The summed E-state index contributed by atoms with van der Waals surface area (Å²) in [5.74, 6) is 0. The van der Waals surface area contributed by atoms with Crippen molar-refractivity contribution < 1.29 is 89.2 Å². The molecule has 0 spiro atoms. The molecule has 0 saturated carbocycles. The molecule has 42 heavy (non-hydrogen) atoms. The summed E-state index contributed by atoms with van der Waals surface area (Å²) >= 11 is 0.600. The van der Waals surface area contributed by atoms with Crippen LogP contribution in [-0.4, -0.2) is 60.5 Å². The fraction of sp³-hybridized carbons (Fsp3) is 0.800. The van der Waals surface area contributed by atoms with E-state index in [1.54, 1.807) is 6.07 Å². The van der Waals surface area contributed by atoms with Gasteiger partial charge in [-0.25, -0.2) is 8.42 Å². The standard InChI is InChI=1S/C18H29O3S.C12H26O4S.3Na/c1-2-3-4-5-6-7-8-9-10-11-13-17-14-12-15-18(16-17)22(19,20)21;1-2-3-4-5-6-7-8-9-10-11-12-16-17(13,14)15;;;/h12,14-15H,2-11,13H2,1H3,(H,19,20,21);2-12H2,1H3,(H,13,14,15);;;/q;;;2*+1/p-2. The van der Waals surface area contributed by atoms with Crippen LogP contribution < -0.4 is 61.9 Å². The van der Waals surface area contributed by atoms with Gasteiger partial charge in [-0.05, 0) is 6.42 Å². The zero-order valence-corrected chi connectivity index (χ0v) is 35.1. The predicted octanol–water partition coefficient (Wildman–Crippen LogP) is 1.24. The zero-order valence-electron chi connectivity index (χ0n) is 27.5. The van der Waals surface area contributed by atoms with Gasteiger partial charge in [-0.1, -0.05) is 78.1 Å². The maximum atomic E-state index is 11.2. The molecule has 0 aliphatic heterocycles. The van der Waals surface area contributed by atoms with Crippen molar-refractivity contribution in [3.63, 3.8) is 0 Å². The summed E-state index contributed by atoms with van der Waals surface area (Å²) in [6, 6.07) is 5.09. The van der Waals surface area contributed by atoms with Crippen molar-refractivity contribution in [2.45, 2.75) is 154 Å². The van der Waals surface area contributed by atoms with Crippen LogP contribution in [0.5, 0.6) is 0 Å². The van der Waals surface area contributed by atoms with Crippen LogP contribution in [0.3, 0.4) is 0 Å². The monoisotopic (exact) mass is 658 g/mol. The van der Waals surface area contributed by atoms with Crippen molar-refractivity contribution in [1.82, 2.24) is 0 Å². The molecule has 0 amide bonds. The summed E-state index contributed by atoms with van der Waals surface area (Å²) in [7, 11) is -8.81. The first kappa shape index (κ1) is 48.4. The van der Waals surface area contributed by atoms with Gasteiger partial charge in [0.1, 0.15) is 0 Å². The van der Waals surface area contributed by atoms with Gasteiger partial charge in [-0.2, -0.15) is 0 Å². The Bertz CT molecular complexity index is 960. The van der Waals surface area contributed by atoms with Crippen LogP contribution in [0.1, 0.15) is 148 Å². The molecular weight excluding hydrogens is 605 g/mol. The van der Waals surface area contributed by atoms with Gasteiger partial charge in [0.2, 0.25) is 10.4 Å². The number of rotatable bonds is 24. The fourth-order valence-corrected chi connectivity index (χ4v) is 7.16. The van der Waals surface area contributed by atoms with Crippen molar-refractivity contribution in [3.05, 3.63) is 23.8 Å². The van der Waals surface area contributed by atoms with Crippen LogP contribution in [0, 0.1) is 0 Å². The molecule has 1 rings (SSSR count). The first-order valence-electron chi connectivity index (χ1n) is 15.7. The summed E-state index contributed by atoms with van der Waals surface area (Å²) in [6.07, 6.45) is 25.5. The minimum Gasteiger partial charge on any atom is 1.00 e. The number of aryl methyl sites for hydroxylation is 1. The molecule has 0 N–H and O–H groups in total. The second-order valence-corrected chi connectivity index (χ2v) is 14.2. The molecule has 0 radical (unpaired) electrons. The fourth-order valence-electron chi connectivity index (χ4n) is 4.75. The van der Waals surface area contributed by atoms with E-state index in [4.69, 9.17) is 0 Å². The summed E-state index contributed by atoms with van der Waals surface area (Å²) in [4.78, 5) is -0.00579. The smallest absolute Gasteiger partial charge is 1.00 e. The van der Waals surface area contributed by atoms with Crippen LogP contribution in [0.15, 0.2) is 23.1 Å². The van der Waals surface area contributed by atoms with E-state index in [1.807, 2.05) is 6.07 Å². The number of unbranched alkanes of at least 4 members (excludes halogenated alkanes) is 18. The molecule has 0 saturated heterocycles. The molecule has 0 aliphatic carbocycles. The molecule has 7 nitrogen and oxygen atoms in total. The molecule has 0 bridgehead atoms. The van der Waals surface area contributed by atoms with Gasteiger partial charge in [-0.3, -0.25) is 4.18 Å². The summed E-state index contributed by atoms with van der Waals surface area (Å²) in [6.45, 7) is 4.49. The Morgan fingerprint density at radius 3 is 1.38 bits per heavy atom. The Kier molecular flexibility index (Phi) is 36.4. The Morgan fingerprint density at radius 2 is 1.00 bits per heavy atom. The van der Waals surface area contributed by atoms with E-state index in [0.29, 0.717) is 34.4 Å². The van der Waals surface area contributed by atoms with E-state index in [1.165, 1.54) is 109 Å². The van der Waals surface area contributed by atoms with Crippen LogP contribution in [0.2, 0.25) is 0 Å². The van der Waals surface area contributed by atoms with E-state index < -0.39 is 20.5 Å². The van der Waals surface area contributed by atoms with E-state index >= 15 is 0 Å². The summed E-state index contributed by atoms with van der Waals surface area (Å²) in [5.41, 5.74) is 1.05. The van der Waals surface area contributed by atoms with Crippen molar-refractivity contribution in [2.75, 3.05) is 6.61 Å². The molecule has 0 heterocycles. The summed E-state index contributed by atoms with van der Waals surface area (Å²) < 4.78 is 68.9. The summed E-state index contributed by atoms with van der Waals surface area (Å²) in [5, 5.41) is 0. The number of benzene rings is 1. The van der Waals surface area contributed by atoms with Gasteiger partial charge < -0.3 is 4.55 Å². The van der Waals surface area contributed by atoms with Gasteiger partial charge in [0, 0.05) is 0 Å². The molecule has 12 heteroatoms. The molecule has 0 aromatic heterocycles. The third kappa shape index (κ3) is 30.6. The second-order valence-electron chi connectivity index (χ2n) is 10.8. The van der Waals surface area contributed by atoms with E-state index in [0.717, 1.165) is 34.1 Å². The van der Waals surface area contributed by atoms with Crippen LogP contribution in [0.4, 0.5) is 0 Å². The normalized spacial score (nSPS) is 11.3. The van der Waals surface area contributed by atoms with Crippen molar-refractivity contribution in [2.24, 2.45) is 0 Å². The van der Waals surface area contributed by atoms with Crippen molar-refractivity contribution in [1.29, 1.82) is 0 Å². The van der Waals surface area contributed by atoms with Gasteiger partial charge in [-0.15, -0.1) is 0 Å². The third-order valence-electron chi connectivity index (χ3n) is 7.19. The third-order valence-corrected chi connectivity index (χ3v) is 10.2. The molecule has 0 unspecified atom stereocenters. The number of hydrogen-bond acceptors (Lipinski definition) is 7. The largest absolute Gasteiger partial charge is 1.00 e. The molecule has 1 aromatic carbocycles. The predicted molar refractivity (Wildman–Crippen MR) is 163 cm³/mol. The number of hydrogen-bond donors (Lipinski definition) is 0. The maximum absolute atomic E-state index is 11.2. The van der Waals surface area contributed by atoms with Crippen LogP contribution >= 0.6 is 0 Å². The van der Waals surface area contributed by atoms with Crippen LogP contribution in [-0.2, 0) is 31.1 Å². The van der Waals surface area contributed by atoms with Crippen molar-refractivity contribution in [3.8, 4) is 0 Å². The average Bonchev–Trinajstić information content (AvgIpc) is 2.88. The quantitative estimate of drug-likeness (QED) is 0.0709. The van der Waals surface area contributed by atoms with E-state index in [9.17, 15) is 25.9 Å². The first-order chi connectivity index (χ1) is 19.0. The Hall–Kier alpha value is 2.00. The van der Waals surface area contributed by atoms with Crippen LogP contribution in [0.25, 0.3) is 0 Å². The molecule has 0 aliphatic rings. The van der Waals surface area contributed by atoms with Gasteiger partial charge in [0.25, 0.3) is 0 Å². The average molecular weight is 659 g/mol. The Labute approximate surface area is 320 Å². The molecule has 0 fully saturated rings. The second kappa shape index (κ2) is 31.6. The first-order valence-corrected chi connectivity index (χ1v) is 19.4. The minimum absolute atomic E-state index is 0. The van der Waals surface area contributed by atoms with E-state index in [2.05, 4.69) is 18.0 Å². The molecular formula is C30H53Na3O7S2. The van der Waals surface area contributed by atoms with Gasteiger partial charge in [0.05, 0.1) is 6.61 Å². The molecule has 0 atom stereocenters. The topological polar surface area (TPSA) is 124 Å². The molecule has 1 aromatic rings. The van der Waals surface area contributed by atoms with Gasteiger partial charge in [0.15, 0.2) is 0 Å². The van der Waals surface area contributed by atoms with Gasteiger partial charge >= 0.3 is 206 Å².